The maximum absolute atomic E-state index is 12.9. The van der Waals surface area contributed by atoms with Crippen LogP contribution in [0.5, 0.6) is 0 Å². The zero-order chi connectivity index (χ0) is 18.4. The third-order valence-electron chi connectivity index (χ3n) is 3.93. The summed E-state index contributed by atoms with van der Waals surface area (Å²) in [4.78, 5) is 12.3. The molecule has 8 heteroatoms. The third kappa shape index (κ3) is 5.24. The van der Waals surface area contributed by atoms with Crippen LogP contribution in [0.25, 0.3) is 0 Å². The zero-order valence-corrected chi connectivity index (χ0v) is 15.7. The van der Waals surface area contributed by atoms with E-state index >= 15 is 0 Å². The Morgan fingerprint density at radius 2 is 2.00 bits per heavy atom. The summed E-state index contributed by atoms with van der Waals surface area (Å²) < 4.78 is 37.7. The number of carbonyl (C=O) groups excluding carboxylic acids is 1. The van der Waals surface area contributed by atoms with Crippen LogP contribution in [0.4, 0.5) is 0 Å². The lowest BCUT2D eigenvalue weighted by atomic mass is 10.2. The number of carbonyl (C=O) groups is 1. The predicted octanol–water partition coefficient (Wildman–Crippen LogP) is 1.25. The molecule has 2 unspecified atom stereocenters. The SMILES string of the molecule is COCCCNC(=O)c1cccc(S(=O)(=O)N2CC(C)OC(C)C2)c1. The van der Waals surface area contributed by atoms with Gasteiger partial charge in [0.1, 0.15) is 0 Å². The lowest BCUT2D eigenvalue weighted by molar-refractivity contribution is -0.0440. The van der Waals surface area contributed by atoms with Crippen molar-refractivity contribution in [1.82, 2.24) is 9.62 Å². The number of methoxy groups -OCH3 is 1. The predicted molar refractivity (Wildman–Crippen MR) is 94.0 cm³/mol. The largest absolute Gasteiger partial charge is 0.385 e. The number of rotatable bonds is 7. The number of morpholine rings is 1. The fourth-order valence-corrected chi connectivity index (χ4v) is 4.43. The van der Waals surface area contributed by atoms with Crippen LogP contribution in [0.1, 0.15) is 30.6 Å². The highest BCUT2D eigenvalue weighted by Crippen LogP contribution is 2.21. The molecule has 1 aliphatic heterocycles. The molecule has 1 saturated heterocycles. The summed E-state index contributed by atoms with van der Waals surface area (Å²) in [6.45, 7) is 5.34. The monoisotopic (exact) mass is 370 g/mol. The van der Waals surface area contributed by atoms with Crippen molar-refractivity contribution in [3.8, 4) is 0 Å². The van der Waals surface area contributed by atoms with Gasteiger partial charge in [0.15, 0.2) is 0 Å². The summed E-state index contributed by atoms with van der Waals surface area (Å²) in [6, 6.07) is 6.13. The molecule has 0 saturated carbocycles. The molecule has 0 aromatic heterocycles. The number of amides is 1. The van der Waals surface area contributed by atoms with Gasteiger partial charge >= 0.3 is 0 Å². The molecule has 1 amide bonds. The van der Waals surface area contributed by atoms with Crippen molar-refractivity contribution in [3.63, 3.8) is 0 Å². The summed E-state index contributed by atoms with van der Waals surface area (Å²) in [7, 11) is -2.06. The first-order valence-corrected chi connectivity index (χ1v) is 9.81. The zero-order valence-electron chi connectivity index (χ0n) is 14.9. The Morgan fingerprint density at radius 1 is 1.32 bits per heavy atom. The third-order valence-corrected chi connectivity index (χ3v) is 5.76. The highest BCUT2D eigenvalue weighted by molar-refractivity contribution is 7.89. The van der Waals surface area contributed by atoms with Crippen molar-refractivity contribution in [2.75, 3.05) is 33.4 Å². The summed E-state index contributed by atoms with van der Waals surface area (Å²) in [5.74, 6) is -0.295. The Kier molecular flexibility index (Phi) is 6.95. The van der Waals surface area contributed by atoms with E-state index in [4.69, 9.17) is 9.47 Å². The number of hydrogen-bond acceptors (Lipinski definition) is 5. The summed E-state index contributed by atoms with van der Waals surface area (Å²) in [5.41, 5.74) is 0.327. The minimum atomic E-state index is -3.66. The van der Waals surface area contributed by atoms with Crippen LogP contribution >= 0.6 is 0 Å². The van der Waals surface area contributed by atoms with Crippen LogP contribution in [-0.2, 0) is 19.5 Å². The number of hydrogen-bond donors (Lipinski definition) is 1. The maximum atomic E-state index is 12.9. The molecule has 1 aromatic carbocycles. The van der Waals surface area contributed by atoms with E-state index in [1.165, 1.54) is 16.4 Å². The van der Waals surface area contributed by atoms with Crippen molar-refractivity contribution in [3.05, 3.63) is 29.8 Å². The molecule has 1 heterocycles. The van der Waals surface area contributed by atoms with Gasteiger partial charge in [-0.2, -0.15) is 4.31 Å². The van der Waals surface area contributed by atoms with Crippen LogP contribution in [0.15, 0.2) is 29.2 Å². The number of sulfonamides is 1. The molecule has 0 spiro atoms. The Hall–Kier alpha value is -1.48. The van der Waals surface area contributed by atoms with Crippen LogP contribution in [-0.4, -0.2) is 64.2 Å². The Balaban J connectivity index is 2.12. The van der Waals surface area contributed by atoms with Gasteiger partial charge in [0.25, 0.3) is 5.91 Å². The molecule has 0 radical (unpaired) electrons. The van der Waals surface area contributed by atoms with Crippen molar-refractivity contribution in [2.24, 2.45) is 0 Å². The van der Waals surface area contributed by atoms with Gasteiger partial charge in [-0.05, 0) is 38.5 Å². The van der Waals surface area contributed by atoms with E-state index in [1.807, 2.05) is 13.8 Å². The van der Waals surface area contributed by atoms with Crippen molar-refractivity contribution < 1.29 is 22.7 Å². The molecule has 1 aliphatic rings. The molecular weight excluding hydrogens is 344 g/mol. The fraction of sp³-hybridized carbons (Fsp3) is 0.588. The standard InChI is InChI=1S/C17H26N2O5S/c1-13-11-19(12-14(2)24-13)25(21,22)16-7-4-6-15(10-16)17(20)18-8-5-9-23-3/h4,6-7,10,13-14H,5,8-9,11-12H2,1-3H3,(H,18,20). The molecule has 2 rings (SSSR count). The van der Waals surface area contributed by atoms with Crippen LogP contribution in [0.3, 0.4) is 0 Å². The summed E-state index contributed by atoms with van der Waals surface area (Å²) >= 11 is 0. The maximum Gasteiger partial charge on any atom is 0.251 e. The smallest absolute Gasteiger partial charge is 0.251 e. The molecule has 2 atom stereocenters. The highest BCUT2D eigenvalue weighted by atomic mass is 32.2. The van der Waals surface area contributed by atoms with E-state index in [-0.39, 0.29) is 23.0 Å². The average Bonchev–Trinajstić information content (AvgIpc) is 2.58. The molecule has 25 heavy (non-hydrogen) atoms. The van der Waals surface area contributed by atoms with Crippen LogP contribution in [0.2, 0.25) is 0 Å². The normalized spacial score (nSPS) is 21.9. The van der Waals surface area contributed by atoms with E-state index in [1.54, 1.807) is 19.2 Å². The molecule has 7 nitrogen and oxygen atoms in total. The fourth-order valence-electron chi connectivity index (χ4n) is 2.79. The van der Waals surface area contributed by atoms with Gasteiger partial charge in [-0.15, -0.1) is 0 Å². The first-order valence-electron chi connectivity index (χ1n) is 8.37. The van der Waals surface area contributed by atoms with Gasteiger partial charge in [-0.3, -0.25) is 4.79 Å². The molecule has 1 aromatic rings. The highest BCUT2D eigenvalue weighted by Gasteiger charge is 2.32. The Morgan fingerprint density at radius 3 is 2.64 bits per heavy atom. The van der Waals surface area contributed by atoms with E-state index in [2.05, 4.69) is 5.32 Å². The van der Waals surface area contributed by atoms with Crippen LogP contribution in [0, 0.1) is 0 Å². The van der Waals surface area contributed by atoms with Crippen molar-refractivity contribution >= 4 is 15.9 Å². The van der Waals surface area contributed by atoms with Crippen molar-refractivity contribution in [2.45, 2.75) is 37.4 Å². The first kappa shape index (κ1) is 19.8. The summed E-state index contributed by atoms with van der Waals surface area (Å²) in [6.07, 6.45) is 0.376. The lowest BCUT2D eigenvalue weighted by Crippen LogP contribution is -2.48. The minimum absolute atomic E-state index is 0.123. The van der Waals surface area contributed by atoms with Gasteiger partial charge in [0, 0.05) is 38.9 Å². The number of ether oxygens (including phenoxy) is 2. The van der Waals surface area contributed by atoms with E-state index in [0.29, 0.717) is 38.2 Å². The summed E-state index contributed by atoms with van der Waals surface area (Å²) in [5, 5.41) is 2.76. The molecule has 1 fully saturated rings. The topological polar surface area (TPSA) is 84.9 Å². The van der Waals surface area contributed by atoms with Gasteiger partial charge in [0.05, 0.1) is 17.1 Å². The van der Waals surface area contributed by atoms with Gasteiger partial charge < -0.3 is 14.8 Å². The molecule has 140 valence electrons. The minimum Gasteiger partial charge on any atom is -0.385 e. The second kappa shape index (κ2) is 8.75. The lowest BCUT2D eigenvalue weighted by Gasteiger charge is -2.34. The molecule has 0 aliphatic carbocycles. The van der Waals surface area contributed by atoms with E-state index in [0.717, 1.165) is 0 Å². The molecule has 0 bridgehead atoms. The average molecular weight is 370 g/mol. The van der Waals surface area contributed by atoms with E-state index < -0.39 is 10.0 Å². The number of nitrogens with one attached hydrogen (secondary N) is 1. The quantitative estimate of drug-likeness (QED) is 0.730. The van der Waals surface area contributed by atoms with Gasteiger partial charge in [-0.1, -0.05) is 6.07 Å². The number of benzene rings is 1. The Bertz CT molecular complexity index is 682. The van der Waals surface area contributed by atoms with Crippen LogP contribution < -0.4 is 5.32 Å². The second-order valence-corrected chi connectivity index (χ2v) is 8.15. The Labute approximate surface area is 149 Å². The molecule has 1 N–H and O–H groups in total. The first-order chi connectivity index (χ1) is 11.8. The second-order valence-electron chi connectivity index (χ2n) is 6.21. The number of nitrogens with zero attached hydrogens (tertiary/aromatic N) is 1. The molecular formula is C17H26N2O5S. The van der Waals surface area contributed by atoms with Crippen molar-refractivity contribution in [1.29, 1.82) is 0 Å². The van der Waals surface area contributed by atoms with Gasteiger partial charge in [-0.25, -0.2) is 8.42 Å². The van der Waals surface area contributed by atoms with E-state index in [9.17, 15) is 13.2 Å². The van der Waals surface area contributed by atoms with Gasteiger partial charge in [0.2, 0.25) is 10.0 Å².